The molecule has 1 aromatic rings. The normalized spacial score (nSPS) is 24.8. The van der Waals surface area contributed by atoms with Crippen LogP contribution in [0.4, 0.5) is 14.6 Å². The van der Waals surface area contributed by atoms with Crippen LogP contribution in [0.1, 0.15) is 20.1 Å². The molecule has 3 atom stereocenters. The Bertz CT molecular complexity index is 756. The maximum atomic E-state index is 14.7. The van der Waals surface area contributed by atoms with Crippen LogP contribution in [0.3, 0.4) is 0 Å². The van der Waals surface area contributed by atoms with Crippen LogP contribution in [0.2, 0.25) is 0 Å². The number of nitrogen functional groups attached to an aromatic ring is 1. The number of esters is 2. The molecule has 0 amide bonds. The Morgan fingerprint density at radius 2 is 2.08 bits per heavy atom. The third kappa shape index (κ3) is 4.05. The van der Waals surface area contributed by atoms with Crippen LogP contribution < -0.4 is 11.4 Å². The van der Waals surface area contributed by atoms with E-state index in [1.54, 1.807) is 22.6 Å². The summed E-state index contributed by atoms with van der Waals surface area (Å²) in [5.74, 6) is -5.59. The minimum absolute atomic E-state index is 0.115. The van der Waals surface area contributed by atoms with E-state index in [0.29, 0.717) is 4.57 Å². The van der Waals surface area contributed by atoms with Gasteiger partial charge in [-0.25, -0.2) is 4.79 Å². The van der Waals surface area contributed by atoms with Crippen LogP contribution >= 0.6 is 22.6 Å². The van der Waals surface area contributed by atoms with E-state index in [9.17, 15) is 23.2 Å². The summed E-state index contributed by atoms with van der Waals surface area (Å²) in [7, 11) is 0. The van der Waals surface area contributed by atoms with Gasteiger partial charge >= 0.3 is 23.6 Å². The summed E-state index contributed by atoms with van der Waals surface area (Å²) < 4.78 is 44.8. The van der Waals surface area contributed by atoms with Crippen molar-refractivity contribution in [3.8, 4) is 0 Å². The first-order valence-corrected chi connectivity index (χ1v) is 8.00. The molecule has 1 aliphatic rings. The lowest BCUT2D eigenvalue weighted by Crippen LogP contribution is -2.44. The number of alkyl halides is 2. The Balaban J connectivity index is 2.42. The molecule has 2 rings (SSSR count). The van der Waals surface area contributed by atoms with Gasteiger partial charge in [0.15, 0.2) is 6.10 Å². The third-order valence-corrected chi connectivity index (χ3v) is 4.11. The highest BCUT2D eigenvalue weighted by molar-refractivity contribution is 14.1. The van der Waals surface area contributed by atoms with Gasteiger partial charge in [-0.2, -0.15) is 13.8 Å². The minimum atomic E-state index is -3.78. The first kappa shape index (κ1) is 19.5. The van der Waals surface area contributed by atoms with Gasteiger partial charge in [-0.05, 0) is 22.6 Å². The number of rotatable bonds is 4. The highest BCUT2D eigenvalue weighted by Gasteiger charge is 2.62. The number of ether oxygens (including phenoxy) is 3. The summed E-state index contributed by atoms with van der Waals surface area (Å²) >= 11 is 1.72. The van der Waals surface area contributed by atoms with Crippen LogP contribution in [-0.2, 0) is 23.8 Å². The van der Waals surface area contributed by atoms with E-state index >= 15 is 0 Å². The molecule has 9 nitrogen and oxygen atoms in total. The van der Waals surface area contributed by atoms with Crippen molar-refractivity contribution in [2.45, 2.75) is 38.2 Å². The molecule has 0 bridgehead atoms. The predicted molar refractivity (Wildman–Crippen MR) is 86.7 cm³/mol. The van der Waals surface area contributed by atoms with Gasteiger partial charge in [0.1, 0.15) is 18.5 Å². The monoisotopic (exact) mass is 473 g/mol. The largest absolute Gasteiger partial charge is 0.463 e. The summed E-state index contributed by atoms with van der Waals surface area (Å²) in [6, 6.07) is 0. The van der Waals surface area contributed by atoms with Crippen LogP contribution in [0.15, 0.2) is 11.0 Å². The van der Waals surface area contributed by atoms with Crippen molar-refractivity contribution in [3.05, 3.63) is 20.3 Å². The molecular formula is C13H14F2IN3O6. The van der Waals surface area contributed by atoms with Crippen molar-refractivity contribution in [2.24, 2.45) is 0 Å². The van der Waals surface area contributed by atoms with Crippen molar-refractivity contribution in [2.75, 3.05) is 12.3 Å². The van der Waals surface area contributed by atoms with E-state index in [-0.39, 0.29) is 9.39 Å². The molecule has 0 saturated carbocycles. The second-order valence-electron chi connectivity index (χ2n) is 5.20. The van der Waals surface area contributed by atoms with E-state index in [1.165, 1.54) is 0 Å². The molecule has 12 heteroatoms. The van der Waals surface area contributed by atoms with Gasteiger partial charge in [-0.3, -0.25) is 14.2 Å². The zero-order valence-electron chi connectivity index (χ0n) is 13.1. The van der Waals surface area contributed by atoms with Crippen LogP contribution in [-0.4, -0.2) is 46.2 Å². The maximum absolute atomic E-state index is 14.7. The molecule has 1 saturated heterocycles. The molecule has 25 heavy (non-hydrogen) atoms. The maximum Gasteiger partial charge on any atom is 0.351 e. The number of hydrogen-bond donors (Lipinski definition) is 1. The lowest BCUT2D eigenvalue weighted by molar-refractivity contribution is -0.174. The average molecular weight is 473 g/mol. The molecule has 3 unspecified atom stereocenters. The Kier molecular flexibility index (Phi) is 5.61. The quantitative estimate of drug-likeness (QED) is 0.495. The molecule has 0 spiro atoms. The van der Waals surface area contributed by atoms with E-state index < -0.39 is 48.6 Å². The van der Waals surface area contributed by atoms with Crippen molar-refractivity contribution >= 4 is 40.3 Å². The van der Waals surface area contributed by atoms with Crippen molar-refractivity contribution < 1.29 is 32.6 Å². The fourth-order valence-electron chi connectivity index (χ4n) is 2.25. The summed E-state index contributed by atoms with van der Waals surface area (Å²) in [5, 5.41) is 0. The molecular weight excluding hydrogens is 459 g/mol. The molecule has 2 N–H and O–H groups in total. The Hall–Kier alpha value is -1.83. The van der Waals surface area contributed by atoms with Crippen LogP contribution in [0.25, 0.3) is 0 Å². The van der Waals surface area contributed by atoms with Crippen molar-refractivity contribution in [3.63, 3.8) is 0 Å². The summed E-state index contributed by atoms with van der Waals surface area (Å²) in [4.78, 5) is 37.5. The number of aromatic nitrogens is 2. The highest BCUT2D eigenvalue weighted by atomic mass is 127. The summed E-state index contributed by atoms with van der Waals surface area (Å²) in [6.45, 7) is 1.46. The van der Waals surface area contributed by atoms with Gasteiger partial charge in [0.2, 0.25) is 6.23 Å². The lowest BCUT2D eigenvalue weighted by Gasteiger charge is -2.23. The third-order valence-electron chi connectivity index (χ3n) is 3.28. The molecule has 0 aromatic carbocycles. The molecule has 0 radical (unpaired) electrons. The van der Waals surface area contributed by atoms with Gasteiger partial charge in [0.05, 0.1) is 3.57 Å². The zero-order chi connectivity index (χ0) is 18.9. The highest BCUT2D eigenvalue weighted by Crippen LogP contribution is 2.44. The van der Waals surface area contributed by atoms with Gasteiger partial charge in [-0.1, -0.05) is 0 Å². The molecule has 138 valence electrons. The fraction of sp³-hybridized carbons (Fsp3) is 0.538. The minimum Gasteiger partial charge on any atom is -0.463 e. The number of carbonyl (C=O) groups is 2. The molecule has 2 heterocycles. The van der Waals surface area contributed by atoms with Crippen molar-refractivity contribution in [1.29, 1.82) is 0 Å². The lowest BCUT2D eigenvalue weighted by atomic mass is 10.1. The average Bonchev–Trinajstić information content (AvgIpc) is 2.72. The summed E-state index contributed by atoms with van der Waals surface area (Å²) in [6.07, 6.45) is -4.55. The first-order chi connectivity index (χ1) is 11.5. The Morgan fingerprint density at radius 3 is 2.64 bits per heavy atom. The Labute approximate surface area is 153 Å². The number of anilines is 1. The second kappa shape index (κ2) is 7.19. The molecule has 0 aliphatic carbocycles. The van der Waals surface area contributed by atoms with Gasteiger partial charge in [-0.15, -0.1) is 0 Å². The topological polar surface area (TPSA) is 123 Å². The van der Waals surface area contributed by atoms with Gasteiger partial charge < -0.3 is 19.9 Å². The summed E-state index contributed by atoms with van der Waals surface area (Å²) in [5.41, 5.74) is 4.41. The zero-order valence-corrected chi connectivity index (χ0v) is 15.2. The SMILES string of the molecule is CC(=O)OCC1OC(n2cc(I)c(N)nc2=O)C(F)(F)C1OC(C)=O. The van der Waals surface area contributed by atoms with Crippen molar-refractivity contribution in [1.82, 2.24) is 9.55 Å². The Morgan fingerprint density at radius 1 is 1.44 bits per heavy atom. The van der Waals surface area contributed by atoms with E-state index in [4.69, 9.17) is 10.5 Å². The van der Waals surface area contributed by atoms with Crippen LogP contribution in [0.5, 0.6) is 0 Å². The smallest absolute Gasteiger partial charge is 0.351 e. The number of carbonyl (C=O) groups excluding carboxylic acids is 2. The van der Waals surface area contributed by atoms with Crippen LogP contribution in [0, 0.1) is 3.57 Å². The van der Waals surface area contributed by atoms with Gasteiger partial charge in [0, 0.05) is 20.0 Å². The number of nitrogens with two attached hydrogens (primary N) is 1. The fourth-order valence-corrected chi connectivity index (χ4v) is 2.67. The number of hydrogen-bond acceptors (Lipinski definition) is 8. The van der Waals surface area contributed by atoms with Gasteiger partial charge in [0.25, 0.3) is 0 Å². The number of nitrogens with zero attached hydrogens (tertiary/aromatic N) is 2. The molecule has 1 fully saturated rings. The van der Waals surface area contributed by atoms with E-state index in [2.05, 4.69) is 14.5 Å². The predicted octanol–water partition coefficient (Wildman–Crippen LogP) is 0.458. The molecule has 1 aliphatic heterocycles. The number of halogens is 3. The van der Waals surface area contributed by atoms with E-state index in [0.717, 1.165) is 20.0 Å². The first-order valence-electron chi connectivity index (χ1n) is 6.92. The van der Waals surface area contributed by atoms with E-state index in [1.807, 2.05) is 0 Å². The molecule has 1 aromatic heterocycles. The second-order valence-corrected chi connectivity index (χ2v) is 6.36. The standard InChI is InChI=1S/C13H14F2IN3O6/c1-5(20)23-4-8-9(24-6(2)21)13(14,15)11(25-8)19-3-7(16)10(17)18-12(19)22/h3,8-9,11H,4H2,1-2H3,(H2,17,18,22).